The molecule has 0 fully saturated rings. The van der Waals surface area contributed by atoms with Crippen LogP contribution in [-0.2, 0) is 4.79 Å². The van der Waals surface area contributed by atoms with Gasteiger partial charge in [0.05, 0.1) is 0 Å². The smallest absolute Gasteiger partial charge is 0.326 e. The largest absolute Gasteiger partial charge is 0.480 e. The zero-order valence-electron chi connectivity index (χ0n) is 11.8. The zero-order valence-corrected chi connectivity index (χ0v) is 12.6. The Morgan fingerprint density at radius 3 is 2.27 bits per heavy atom. The molecule has 0 saturated heterocycles. The topological polar surface area (TPSA) is 78.4 Å². The third kappa shape index (κ3) is 3.99. The number of aryl methyl sites for hydroxylation is 1. The van der Waals surface area contributed by atoms with E-state index in [-0.39, 0.29) is 6.03 Å². The van der Waals surface area contributed by atoms with E-state index in [4.69, 9.17) is 16.7 Å². The van der Waals surface area contributed by atoms with Crippen LogP contribution in [0.4, 0.5) is 16.2 Å². The van der Waals surface area contributed by atoms with E-state index in [0.717, 1.165) is 11.3 Å². The van der Waals surface area contributed by atoms with Gasteiger partial charge in [0.15, 0.2) is 5.38 Å². The first-order valence-electron chi connectivity index (χ1n) is 6.58. The highest BCUT2D eigenvalue weighted by molar-refractivity contribution is 6.29. The second-order valence-corrected chi connectivity index (χ2v) is 5.15. The van der Waals surface area contributed by atoms with Crippen molar-refractivity contribution < 1.29 is 14.7 Å². The minimum atomic E-state index is -1.11. The van der Waals surface area contributed by atoms with Crippen LogP contribution in [0.5, 0.6) is 0 Å². The number of amides is 2. The lowest BCUT2D eigenvalue weighted by molar-refractivity contribution is -0.136. The quantitative estimate of drug-likeness (QED) is 0.745. The Balaban J connectivity index is 2.00. The maximum Gasteiger partial charge on any atom is 0.326 e. The number of rotatable bonds is 4. The van der Waals surface area contributed by atoms with E-state index in [1.165, 1.54) is 0 Å². The molecule has 114 valence electrons. The van der Waals surface area contributed by atoms with Crippen molar-refractivity contribution in [2.24, 2.45) is 0 Å². The number of benzene rings is 2. The predicted octanol–water partition coefficient (Wildman–Crippen LogP) is 4.00. The third-order valence-electron chi connectivity index (χ3n) is 3.07. The van der Waals surface area contributed by atoms with Crippen molar-refractivity contribution in [3.8, 4) is 0 Å². The first-order valence-corrected chi connectivity index (χ1v) is 7.01. The summed E-state index contributed by atoms with van der Waals surface area (Å²) in [5.41, 5.74) is 2.69. The number of hydrogen-bond donors (Lipinski definition) is 3. The van der Waals surface area contributed by atoms with Gasteiger partial charge in [-0.25, -0.2) is 4.79 Å². The van der Waals surface area contributed by atoms with Gasteiger partial charge in [-0.15, -0.1) is 11.6 Å². The fraction of sp³-hybridized carbons (Fsp3) is 0.125. The van der Waals surface area contributed by atoms with Crippen molar-refractivity contribution in [1.82, 2.24) is 0 Å². The van der Waals surface area contributed by atoms with Gasteiger partial charge in [0.1, 0.15) is 0 Å². The number of para-hydroxylation sites is 1. The Bertz CT molecular complexity index is 686. The molecule has 0 aliphatic heterocycles. The molecule has 0 aliphatic rings. The van der Waals surface area contributed by atoms with Gasteiger partial charge in [-0.2, -0.15) is 0 Å². The van der Waals surface area contributed by atoms with Crippen LogP contribution in [0.15, 0.2) is 48.5 Å². The summed E-state index contributed by atoms with van der Waals surface area (Å²) in [5.74, 6) is -1.11. The molecular weight excluding hydrogens is 304 g/mol. The Labute approximate surface area is 132 Å². The maximum atomic E-state index is 11.9. The van der Waals surface area contributed by atoms with Gasteiger partial charge in [-0.1, -0.05) is 30.3 Å². The standard InChI is InChI=1S/C16H15ClN2O3/c1-10-4-2-3-5-13(10)19-16(22)18-12-8-6-11(7-9-12)14(17)15(20)21/h2-9,14H,1H3,(H,20,21)(H2,18,19,22). The number of carbonyl (C=O) groups excluding carboxylic acids is 1. The fourth-order valence-corrected chi connectivity index (χ4v) is 2.02. The van der Waals surface area contributed by atoms with E-state index in [2.05, 4.69) is 10.6 Å². The lowest BCUT2D eigenvalue weighted by atomic mass is 10.1. The number of hydrogen-bond acceptors (Lipinski definition) is 2. The molecule has 22 heavy (non-hydrogen) atoms. The summed E-state index contributed by atoms with van der Waals surface area (Å²) in [5, 5.41) is 13.1. The highest BCUT2D eigenvalue weighted by Crippen LogP contribution is 2.22. The summed E-state index contributed by atoms with van der Waals surface area (Å²) in [6, 6.07) is 13.4. The van der Waals surface area contributed by atoms with Gasteiger partial charge in [0, 0.05) is 11.4 Å². The molecule has 0 heterocycles. The van der Waals surface area contributed by atoms with Crippen molar-refractivity contribution in [2.45, 2.75) is 12.3 Å². The zero-order chi connectivity index (χ0) is 16.1. The number of carboxylic acids is 1. The molecule has 6 heteroatoms. The van der Waals surface area contributed by atoms with Gasteiger partial charge >= 0.3 is 12.0 Å². The summed E-state index contributed by atoms with van der Waals surface area (Å²) in [7, 11) is 0. The number of anilines is 2. The van der Waals surface area contributed by atoms with Gasteiger partial charge < -0.3 is 15.7 Å². The summed E-state index contributed by atoms with van der Waals surface area (Å²) >= 11 is 5.72. The van der Waals surface area contributed by atoms with E-state index in [0.29, 0.717) is 11.3 Å². The Morgan fingerprint density at radius 1 is 1.05 bits per heavy atom. The first kappa shape index (κ1) is 15.9. The van der Waals surface area contributed by atoms with Crippen molar-refractivity contribution in [2.75, 3.05) is 10.6 Å². The van der Waals surface area contributed by atoms with Crippen LogP contribution in [-0.4, -0.2) is 17.1 Å². The number of nitrogens with one attached hydrogen (secondary N) is 2. The number of alkyl halides is 1. The third-order valence-corrected chi connectivity index (χ3v) is 3.51. The molecular formula is C16H15ClN2O3. The number of aliphatic carboxylic acids is 1. The number of urea groups is 1. The lowest BCUT2D eigenvalue weighted by Gasteiger charge is -2.10. The van der Waals surface area contributed by atoms with Crippen LogP contribution in [0, 0.1) is 6.92 Å². The minimum Gasteiger partial charge on any atom is -0.480 e. The highest BCUT2D eigenvalue weighted by Gasteiger charge is 2.15. The Kier molecular flexibility index (Phi) is 5.01. The van der Waals surface area contributed by atoms with Crippen LogP contribution in [0.1, 0.15) is 16.5 Å². The molecule has 0 aromatic heterocycles. The molecule has 5 nitrogen and oxygen atoms in total. The van der Waals surface area contributed by atoms with Gasteiger partial charge in [-0.3, -0.25) is 4.79 Å². The number of halogens is 1. The average Bonchev–Trinajstić information content (AvgIpc) is 2.49. The van der Waals surface area contributed by atoms with Gasteiger partial charge in [0.25, 0.3) is 0 Å². The van der Waals surface area contributed by atoms with Crippen LogP contribution >= 0.6 is 11.6 Å². The van der Waals surface area contributed by atoms with Crippen molar-refractivity contribution in [3.63, 3.8) is 0 Å². The van der Waals surface area contributed by atoms with Crippen LogP contribution < -0.4 is 10.6 Å². The molecule has 2 rings (SSSR count). The number of carbonyl (C=O) groups is 2. The van der Waals surface area contributed by atoms with Gasteiger partial charge in [0.2, 0.25) is 0 Å². The Morgan fingerprint density at radius 2 is 1.68 bits per heavy atom. The first-order chi connectivity index (χ1) is 10.5. The fourth-order valence-electron chi connectivity index (χ4n) is 1.88. The molecule has 1 unspecified atom stereocenters. The minimum absolute atomic E-state index is 0.372. The second kappa shape index (κ2) is 6.95. The molecule has 1 atom stereocenters. The SMILES string of the molecule is Cc1ccccc1NC(=O)Nc1ccc(C(Cl)C(=O)O)cc1. The van der Waals surface area contributed by atoms with Crippen LogP contribution in [0.25, 0.3) is 0 Å². The molecule has 0 radical (unpaired) electrons. The summed E-state index contributed by atoms with van der Waals surface area (Å²) in [6.07, 6.45) is 0. The van der Waals surface area contributed by atoms with Crippen LogP contribution in [0.2, 0.25) is 0 Å². The normalized spacial score (nSPS) is 11.5. The lowest BCUT2D eigenvalue weighted by Crippen LogP contribution is -2.19. The van der Waals surface area contributed by atoms with E-state index in [9.17, 15) is 9.59 Å². The second-order valence-electron chi connectivity index (χ2n) is 4.72. The molecule has 0 spiro atoms. The maximum absolute atomic E-state index is 11.9. The highest BCUT2D eigenvalue weighted by atomic mass is 35.5. The molecule has 3 N–H and O–H groups in total. The monoisotopic (exact) mass is 318 g/mol. The molecule has 2 aromatic carbocycles. The summed E-state index contributed by atoms with van der Waals surface area (Å²) in [6.45, 7) is 1.90. The van der Waals surface area contributed by atoms with E-state index < -0.39 is 11.3 Å². The molecule has 2 aromatic rings. The van der Waals surface area contributed by atoms with Crippen LogP contribution in [0.3, 0.4) is 0 Å². The van der Waals surface area contributed by atoms with E-state index >= 15 is 0 Å². The average molecular weight is 319 g/mol. The number of carboxylic acid groups (broad SMARTS) is 1. The summed E-state index contributed by atoms with van der Waals surface area (Å²) in [4.78, 5) is 22.7. The van der Waals surface area contributed by atoms with E-state index in [1.54, 1.807) is 24.3 Å². The Hall–Kier alpha value is -2.53. The van der Waals surface area contributed by atoms with Crippen molar-refractivity contribution >= 4 is 35.0 Å². The van der Waals surface area contributed by atoms with Crippen molar-refractivity contribution in [3.05, 3.63) is 59.7 Å². The summed E-state index contributed by atoms with van der Waals surface area (Å²) < 4.78 is 0. The van der Waals surface area contributed by atoms with Gasteiger partial charge in [-0.05, 0) is 36.2 Å². The molecule has 2 amide bonds. The predicted molar refractivity (Wildman–Crippen MR) is 86.5 cm³/mol. The molecule has 0 saturated carbocycles. The van der Waals surface area contributed by atoms with E-state index in [1.807, 2.05) is 31.2 Å². The van der Waals surface area contributed by atoms with Crippen molar-refractivity contribution in [1.29, 1.82) is 0 Å². The molecule has 0 bridgehead atoms. The molecule has 0 aliphatic carbocycles.